The van der Waals surface area contributed by atoms with Crippen LogP contribution in [0.4, 0.5) is 4.39 Å². The van der Waals surface area contributed by atoms with Gasteiger partial charge in [-0.05, 0) is 42.0 Å². The number of halogens is 1. The minimum Gasteiger partial charge on any atom is -0.270 e. The quantitative estimate of drug-likeness (QED) is 0.422. The smallest absolute Gasteiger partial charge is 0.196 e. The molecule has 2 heterocycles. The van der Waals surface area contributed by atoms with Crippen molar-refractivity contribution in [2.75, 3.05) is 5.75 Å². The van der Waals surface area contributed by atoms with Crippen LogP contribution in [0.1, 0.15) is 5.56 Å². The summed E-state index contributed by atoms with van der Waals surface area (Å²) in [7, 11) is 0. The molecule has 4 nitrogen and oxygen atoms in total. The minimum atomic E-state index is -0.276. The number of aromatic nitrogens is 4. The van der Waals surface area contributed by atoms with E-state index in [1.54, 1.807) is 36.3 Å². The molecule has 2 aromatic heterocycles. The van der Waals surface area contributed by atoms with Gasteiger partial charge in [0.05, 0.1) is 0 Å². The van der Waals surface area contributed by atoms with E-state index in [9.17, 15) is 4.39 Å². The molecule has 0 radical (unpaired) electrons. The maximum absolute atomic E-state index is 13.4. The SMILES string of the molecule is Fc1ccc(-n2c(SC/C=C/c3ccccc3)nnc2-c2ccncc2)cc1. The van der Waals surface area contributed by atoms with E-state index in [2.05, 4.69) is 39.5 Å². The second kappa shape index (κ2) is 8.63. The summed E-state index contributed by atoms with van der Waals surface area (Å²) in [4.78, 5) is 4.06. The number of hydrogen-bond acceptors (Lipinski definition) is 4. The molecule has 0 N–H and O–H groups in total. The summed E-state index contributed by atoms with van der Waals surface area (Å²) in [5.74, 6) is 1.16. The first-order chi connectivity index (χ1) is 13.8. The molecule has 4 rings (SSSR count). The Labute approximate surface area is 166 Å². The number of benzene rings is 2. The molecule has 0 atom stereocenters. The van der Waals surface area contributed by atoms with E-state index in [0.29, 0.717) is 5.82 Å². The Bertz CT molecular complexity index is 1060. The van der Waals surface area contributed by atoms with Gasteiger partial charge in [0, 0.05) is 29.4 Å². The van der Waals surface area contributed by atoms with E-state index in [1.165, 1.54) is 12.1 Å². The molecule has 0 aliphatic carbocycles. The second-order valence-corrected chi connectivity index (χ2v) is 6.97. The molecule has 0 spiro atoms. The zero-order valence-corrected chi connectivity index (χ0v) is 15.8. The lowest BCUT2D eigenvalue weighted by Gasteiger charge is -2.09. The number of thioether (sulfide) groups is 1. The standard InChI is InChI=1S/C22H17FN4S/c23-19-8-10-20(11-9-19)27-21(18-12-14-24-15-13-18)25-26-22(27)28-16-4-7-17-5-2-1-3-6-17/h1-15H,16H2/b7-4+. The molecule has 0 unspecified atom stereocenters. The maximum Gasteiger partial charge on any atom is 0.196 e. The molecular formula is C22H17FN4S. The molecule has 28 heavy (non-hydrogen) atoms. The highest BCUT2D eigenvalue weighted by molar-refractivity contribution is 7.99. The molecule has 0 saturated heterocycles. The fourth-order valence-corrected chi connectivity index (χ4v) is 3.51. The van der Waals surface area contributed by atoms with Crippen molar-refractivity contribution in [2.45, 2.75) is 5.16 Å². The number of pyridine rings is 1. The Kier molecular flexibility index (Phi) is 5.58. The molecule has 0 aliphatic heterocycles. The molecule has 138 valence electrons. The van der Waals surface area contributed by atoms with Gasteiger partial charge in [0.25, 0.3) is 0 Å². The molecule has 0 bridgehead atoms. The molecule has 0 amide bonds. The van der Waals surface area contributed by atoms with E-state index in [4.69, 9.17) is 0 Å². The first kappa shape index (κ1) is 18.1. The van der Waals surface area contributed by atoms with Gasteiger partial charge < -0.3 is 0 Å². The fraction of sp³-hybridized carbons (Fsp3) is 0.0455. The normalized spacial score (nSPS) is 11.2. The third-order valence-electron chi connectivity index (χ3n) is 4.08. The number of nitrogens with zero attached hydrogens (tertiary/aromatic N) is 4. The van der Waals surface area contributed by atoms with Crippen LogP contribution in [0.3, 0.4) is 0 Å². The van der Waals surface area contributed by atoms with Gasteiger partial charge in [0.2, 0.25) is 0 Å². The van der Waals surface area contributed by atoms with Gasteiger partial charge in [0.1, 0.15) is 5.82 Å². The third-order valence-corrected chi connectivity index (χ3v) is 4.96. The van der Waals surface area contributed by atoms with E-state index >= 15 is 0 Å². The van der Waals surface area contributed by atoms with Crippen molar-refractivity contribution in [2.24, 2.45) is 0 Å². The summed E-state index contributed by atoms with van der Waals surface area (Å²) in [6.45, 7) is 0. The summed E-state index contributed by atoms with van der Waals surface area (Å²) in [5, 5.41) is 9.48. The highest BCUT2D eigenvalue weighted by Crippen LogP contribution is 2.28. The minimum absolute atomic E-state index is 0.276. The van der Waals surface area contributed by atoms with Crippen molar-refractivity contribution in [1.29, 1.82) is 0 Å². The monoisotopic (exact) mass is 388 g/mol. The van der Waals surface area contributed by atoms with Gasteiger partial charge in [-0.2, -0.15) is 0 Å². The van der Waals surface area contributed by atoms with Crippen molar-refractivity contribution >= 4 is 17.8 Å². The van der Waals surface area contributed by atoms with Crippen molar-refractivity contribution in [1.82, 2.24) is 19.7 Å². The average Bonchev–Trinajstić information content (AvgIpc) is 3.17. The van der Waals surface area contributed by atoms with Crippen LogP contribution in [0.15, 0.2) is 90.4 Å². The van der Waals surface area contributed by atoms with Crippen LogP contribution < -0.4 is 0 Å². The van der Waals surface area contributed by atoms with Crippen LogP contribution in [0.2, 0.25) is 0 Å². The topological polar surface area (TPSA) is 43.6 Å². The Morgan fingerprint density at radius 1 is 0.893 bits per heavy atom. The van der Waals surface area contributed by atoms with E-state index in [-0.39, 0.29) is 5.82 Å². The predicted octanol–water partition coefficient (Wildman–Crippen LogP) is 5.27. The molecule has 0 aliphatic rings. The Hall–Kier alpha value is -3.25. The first-order valence-electron chi connectivity index (χ1n) is 8.77. The largest absolute Gasteiger partial charge is 0.270 e. The summed E-state index contributed by atoms with van der Waals surface area (Å²) >= 11 is 1.57. The van der Waals surface area contributed by atoms with Crippen LogP contribution in [-0.4, -0.2) is 25.5 Å². The lowest BCUT2D eigenvalue weighted by atomic mass is 10.2. The lowest BCUT2D eigenvalue weighted by molar-refractivity contribution is 0.627. The van der Waals surface area contributed by atoms with Gasteiger partial charge in [-0.3, -0.25) is 9.55 Å². The second-order valence-electron chi connectivity index (χ2n) is 5.98. The summed E-state index contributed by atoms with van der Waals surface area (Å²) in [5.41, 5.74) is 2.87. The fourth-order valence-electron chi connectivity index (χ4n) is 2.75. The highest BCUT2D eigenvalue weighted by Gasteiger charge is 2.15. The first-order valence-corrected chi connectivity index (χ1v) is 9.76. The van der Waals surface area contributed by atoms with Gasteiger partial charge in [-0.15, -0.1) is 10.2 Å². The molecule has 2 aromatic carbocycles. The molecular weight excluding hydrogens is 371 g/mol. The van der Waals surface area contributed by atoms with Gasteiger partial charge in [0.15, 0.2) is 11.0 Å². The van der Waals surface area contributed by atoms with Crippen molar-refractivity contribution in [3.05, 3.63) is 96.6 Å². The van der Waals surface area contributed by atoms with Crippen molar-refractivity contribution in [3.8, 4) is 17.1 Å². The molecule has 6 heteroatoms. The summed E-state index contributed by atoms with van der Waals surface area (Å²) in [6, 6.07) is 20.2. The third kappa shape index (κ3) is 4.18. The average molecular weight is 388 g/mol. The predicted molar refractivity (Wildman–Crippen MR) is 111 cm³/mol. The van der Waals surface area contributed by atoms with Crippen LogP contribution in [0, 0.1) is 5.82 Å². The Balaban J connectivity index is 1.62. The summed E-state index contributed by atoms with van der Waals surface area (Å²) in [6.07, 6.45) is 7.61. The maximum atomic E-state index is 13.4. The highest BCUT2D eigenvalue weighted by atomic mass is 32.2. The molecule has 0 fully saturated rings. The van der Waals surface area contributed by atoms with Crippen LogP contribution >= 0.6 is 11.8 Å². The van der Waals surface area contributed by atoms with E-state index in [0.717, 1.165) is 27.7 Å². The van der Waals surface area contributed by atoms with Crippen LogP contribution in [-0.2, 0) is 0 Å². The van der Waals surface area contributed by atoms with Gasteiger partial charge in [-0.25, -0.2) is 4.39 Å². The Morgan fingerprint density at radius 2 is 1.64 bits per heavy atom. The summed E-state index contributed by atoms with van der Waals surface area (Å²) < 4.78 is 15.3. The zero-order chi connectivity index (χ0) is 19.2. The van der Waals surface area contributed by atoms with Gasteiger partial charge >= 0.3 is 0 Å². The Morgan fingerprint density at radius 3 is 2.39 bits per heavy atom. The zero-order valence-electron chi connectivity index (χ0n) is 14.9. The van der Waals surface area contributed by atoms with E-state index in [1.807, 2.05) is 34.9 Å². The van der Waals surface area contributed by atoms with Crippen molar-refractivity contribution in [3.63, 3.8) is 0 Å². The molecule has 4 aromatic rings. The van der Waals surface area contributed by atoms with Crippen molar-refractivity contribution < 1.29 is 4.39 Å². The van der Waals surface area contributed by atoms with Gasteiger partial charge in [-0.1, -0.05) is 54.2 Å². The van der Waals surface area contributed by atoms with Crippen LogP contribution in [0.25, 0.3) is 23.2 Å². The van der Waals surface area contributed by atoms with E-state index < -0.39 is 0 Å². The van der Waals surface area contributed by atoms with Crippen LogP contribution in [0.5, 0.6) is 0 Å². The lowest BCUT2D eigenvalue weighted by Crippen LogP contribution is -2.00. The molecule has 0 saturated carbocycles. The number of hydrogen-bond donors (Lipinski definition) is 0. The number of rotatable bonds is 6.